The van der Waals surface area contributed by atoms with Gasteiger partial charge in [0.25, 0.3) is 34.8 Å². The van der Waals surface area contributed by atoms with Crippen LogP contribution in [0.2, 0.25) is 0 Å². The molecule has 0 atom stereocenters. The Labute approximate surface area is 273 Å². The van der Waals surface area contributed by atoms with Gasteiger partial charge >= 0.3 is 0 Å². The van der Waals surface area contributed by atoms with Crippen LogP contribution in [-0.2, 0) is 0 Å². The van der Waals surface area contributed by atoms with E-state index < -0.39 is 49.7 Å². The number of benzene rings is 4. The van der Waals surface area contributed by atoms with Crippen molar-refractivity contribution in [1.29, 1.82) is 0 Å². The fourth-order valence-electron chi connectivity index (χ4n) is 4.04. The number of anilines is 3. The summed E-state index contributed by atoms with van der Waals surface area (Å²) < 4.78 is 13.9. The highest BCUT2D eigenvalue weighted by Crippen LogP contribution is 2.36. The van der Waals surface area contributed by atoms with E-state index in [1.807, 2.05) is 0 Å². The van der Waals surface area contributed by atoms with E-state index in [4.69, 9.17) is 0 Å². The number of rotatable bonds is 9. The molecule has 0 fully saturated rings. The second-order valence-electron chi connectivity index (χ2n) is 9.40. The lowest BCUT2D eigenvalue weighted by molar-refractivity contribution is -0.385. The van der Waals surface area contributed by atoms with Crippen LogP contribution in [0.15, 0.2) is 75.7 Å². The maximum atomic E-state index is 13.6. The molecule has 4 rings (SSSR count). The number of nitro benzene ring substituents is 3. The molecule has 234 valence electrons. The van der Waals surface area contributed by atoms with Crippen molar-refractivity contribution >= 4 is 83.7 Å². The van der Waals surface area contributed by atoms with Crippen LogP contribution in [0.1, 0.15) is 36.6 Å². The molecule has 15 nitrogen and oxygen atoms in total. The van der Waals surface area contributed by atoms with Gasteiger partial charge in [-0.05, 0) is 80.7 Å². The molecule has 0 saturated carbocycles. The van der Waals surface area contributed by atoms with Gasteiger partial charge in [0.05, 0.1) is 26.5 Å². The van der Waals surface area contributed by atoms with Crippen molar-refractivity contribution in [3.8, 4) is 0 Å². The predicted octanol–water partition coefficient (Wildman–Crippen LogP) is 7.14. The van der Waals surface area contributed by atoms with Crippen molar-refractivity contribution in [1.82, 2.24) is 0 Å². The van der Waals surface area contributed by atoms with E-state index in [2.05, 4.69) is 47.8 Å². The third-order valence-electron chi connectivity index (χ3n) is 6.20. The van der Waals surface area contributed by atoms with E-state index in [9.17, 15) is 49.1 Å². The van der Waals surface area contributed by atoms with E-state index in [1.165, 1.54) is 18.2 Å². The van der Waals surface area contributed by atoms with E-state index in [1.54, 1.807) is 6.92 Å². The molecular weight excluding hydrogens is 743 g/mol. The highest BCUT2D eigenvalue weighted by atomic mass is 79.9. The van der Waals surface area contributed by atoms with Crippen LogP contribution in [-0.4, -0.2) is 32.5 Å². The Morgan fingerprint density at radius 1 is 0.630 bits per heavy atom. The molecule has 0 aromatic heterocycles. The first kappa shape index (κ1) is 33.3. The molecule has 0 radical (unpaired) electrons. The fraction of sp³-hybridized carbons (Fsp3) is 0.0357. The van der Waals surface area contributed by atoms with Crippen molar-refractivity contribution < 1.29 is 33.5 Å². The van der Waals surface area contributed by atoms with Crippen LogP contribution in [0, 0.1) is 43.1 Å². The Balaban J connectivity index is 1.76. The first-order valence-electron chi connectivity index (χ1n) is 12.6. The molecule has 3 N–H and O–H groups in total. The molecule has 0 aliphatic heterocycles. The zero-order valence-electron chi connectivity index (χ0n) is 23.0. The first-order chi connectivity index (χ1) is 21.6. The number of non-ortho nitro benzene ring substituents is 1. The molecule has 0 bridgehead atoms. The van der Waals surface area contributed by atoms with Gasteiger partial charge in [-0.1, -0.05) is 6.07 Å². The van der Waals surface area contributed by atoms with Crippen LogP contribution in [0.4, 0.5) is 38.5 Å². The standard InChI is InChI=1S/C28H17Br2FN6O9/c1-13-2-4-21(23(6-13)36(43)44)32-26(38)14-7-15(27(39)33-22-5-3-17(31)10-24(22)37(45)46)9-16(8-14)28(40)34-25-19(29)11-18(35(41)42)12-20(25)30/h2-12H,1H3,(H,32,38)(H,33,39)(H,34,40). The molecule has 18 heteroatoms. The maximum absolute atomic E-state index is 13.6. The number of aryl methyl sites for hydroxylation is 1. The highest BCUT2D eigenvalue weighted by molar-refractivity contribution is 9.11. The molecule has 0 saturated heterocycles. The van der Waals surface area contributed by atoms with E-state index in [0.29, 0.717) is 11.6 Å². The largest absolute Gasteiger partial charge is 0.320 e. The number of hydrogen-bond acceptors (Lipinski definition) is 9. The van der Waals surface area contributed by atoms with Gasteiger partial charge in [0.1, 0.15) is 17.2 Å². The van der Waals surface area contributed by atoms with Gasteiger partial charge in [-0.2, -0.15) is 0 Å². The smallest absolute Gasteiger partial charge is 0.295 e. The molecular formula is C28H17Br2FN6O9. The molecule has 4 aromatic rings. The Hall–Kier alpha value is -5.62. The molecule has 0 aliphatic carbocycles. The summed E-state index contributed by atoms with van der Waals surface area (Å²) in [6.45, 7) is 1.61. The van der Waals surface area contributed by atoms with Crippen LogP contribution >= 0.6 is 31.9 Å². The summed E-state index contributed by atoms with van der Waals surface area (Å²) in [5.74, 6) is -3.82. The highest BCUT2D eigenvalue weighted by Gasteiger charge is 2.23. The summed E-state index contributed by atoms with van der Waals surface area (Å²) in [7, 11) is 0. The summed E-state index contributed by atoms with van der Waals surface area (Å²) in [6.07, 6.45) is 0. The predicted molar refractivity (Wildman–Crippen MR) is 170 cm³/mol. The zero-order chi connectivity index (χ0) is 33.9. The second kappa shape index (κ2) is 13.6. The summed E-state index contributed by atoms with van der Waals surface area (Å²) in [5, 5.41) is 41.3. The maximum Gasteiger partial charge on any atom is 0.295 e. The van der Waals surface area contributed by atoms with Crippen molar-refractivity contribution in [2.24, 2.45) is 0 Å². The minimum absolute atomic E-state index is 0.0636. The number of carbonyl (C=O) groups is 3. The molecule has 0 heterocycles. The quantitative estimate of drug-likeness (QED) is 0.117. The normalized spacial score (nSPS) is 10.5. The monoisotopic (exact) mass is 758 g/mol. The average Bonchev–Trinajstić information content (AvgIpc) is 2.99. The number of amides is 3. The van der Waals surface area contributed by atoms with E-state index in [0.717, 1.165) is 42.5 Å². The topological polar surface area (TPSA) is 217 Å². The van der Waals surface area contributed by atoms with Crippen molar-refractivity contribution in [2.75, 3.05) is 16.0 Å². The second-order valence-corrected chi connectivity index (χ2v) is 11.1. The van der Waals surface area contributed by atoms with Gasteiger partial charge in [-0.15, -0.1) is 0 Å². The number of carbonyl (C=O) groups excluding carboxylic acids is 3. The number of nitrogens with one attached hydrogen (secondary N) is 3. The zero-order valence-corrected chi connectivity index (χ0v) is 26.2. The Bertz CT molecular complexity index is 1870. The van der Waals surface area contributed by atoms with Crippen LogP contribution in [0.5, 0.6) is 0 Å². The van der Waals surface area contributed by atoms with Gasteiger partial charge in [0.2, 0.25) is 0 Å². The SMILES string of the molecule is Cc1ccc(NC(=O)c2cc(C(=O)Nc3ccc(F)cc3[N+](=O)[O-])cc(C(=O)Nc3c(Br)cc([N+](=O)[O-])cc3Br)c2)c([N+](=O)[O-])c1. The van der Waals surface area contributed by atoms with Crippen LogP contribution in [0.3, 0.4) is 0 Å². The van der Waals surface area contributed by atoms with Gasteiger partial charge in [0.15, 0.2) is 0 Å². The average molecular weight is 760 g/mol. The number of nitro groups is 3. The van der Waals surface area contributed by atoms with Gasteiger partial charge in [0, 0.05) is 43.8 Å². The molecule has 0 unspecified atom stereocenters. The lowest BCUT2D eigenvalue weighted by Gasteiger charge is -2.13. The Morgan fingerprint density at radius 3 is 1.52 bits per heavy atom. The van der Waals surface area contributed by atoms with Crippen LogP contribution in [0.25, 0.3) is 0 Å². The van der Waals surface area contributed by atoms with Gasteiger partial charge in [-0.25, -0.2) is 4.39 Å². The number of halogens is 3. The van der Waals surface area contributed by atoms with E-state index in [-0.39, 0.29) is 48.4 Å². The molecule has 3 amide bonds. The number of hydrogen-bond donors (Lipinski definition) is 3. The van der Waals surface area contributed by atoms with Crippen molar-refractivity contribution in [2.45, 2.75) is 6.92 Å². The molecule has 46 heavy (non-hydrogen) atoms. The lowest BCUT2D eigenvalue weighted by Crippen LogP contribution is -2.20. The minimum atomic E-state index is -1.03. The third kappa shape index (κ3) is 7.53. The van der Waals surface area contributed by atoms with E-state index >= 15 is 0 Å². The Kier molecular flexibility index (Phi) is 9.82. The first-order valence-corrected chi connectivity index (χ1v) is 14.1. The molecule has 0 spiro atoms. The fourth-order valence-corrected chi connectivity index (χ4v) is 5.40. The Morgan fingerprint density at radius 2 is 1.07 bits per heavy atom. The summed E-state index contributed by atoms with van der Waals surface area (Å²) in [5.41, 5.74) is -2.39. The van der Waals surface area contributed by atoms with Gasteiger partial charge in [-0.3, -0.25) is 44.7 Å². The summed E-state index contributed by atoms with van der Waals surface area (Å²) in [4.78, 5) is 71.9. The van der Waals surface area contributed by atoms with Gasteiger partial charge < -0.3 is 16.0 Å². The molecule has 4 aromatic carbocycles. The van der Waals surface area contributed by atoms with Crippen LogP contribution < -0.4 is 16.0 Å². The lowest BCUT2D eigenvalue weighted by atomic mass is 10.0. The summed E-state index contributed by atoms with van der Waals surface area (Å²) >= 11 is 6.30. The van der Waals surface area contributed by atoms with Crippen molar-refractivity contribution in [3.63, 3.8) is 0 Å². The number of nitrogens with zero attached hydrogens (tertiary/aromatic N) is 3. The summed E-state index contributed by atoms with van der Waals surface area (Å²) in [6, 6.07) is 11.9. The third-order valence-corrected chi connectivity index (χ3v) is 7.45. The van der Waals surface area contributed by atoms with Crippen molar-refractivity contribution in [3.05, 3.63) is 134 Å². The molecule has 0 aliphatic rings. The minimum Gasteiger partial charge on any atom is -0.320 e.